The lowest BCUT2D eigenvalue weighted by Crippen LogP contribution is -2.51. The number of hydrogen-bond donors (Lipinski definition) is 1. The van der Waals surface area contributed by atoms with Crippen molar-refractivity contribution in [2.24, 2.45) is 0 Å². The molecule has 0 unspecified atom stereocenters. The molecular formula is C16H17ClN6O2. The van der Waals surface area contributed by atoms with E-state index in [9.17, 15) is 9.59 Å². The van der Waals surface area contributed by atoms with E-state index in [0.29, 0.717) is 37.1 Å². The van der Waals surface area contributed by atoms with Crippen molar-refractivity contribution in [3.8, 4) is 0 Å². The second-order valence-electron chi connectivity index (χ2n) is 5.46. The van der Waals surface area contributed by atoms with Crippen molar-refractivity contribution in [2.45, 2.75) is 0 Å². The number of carbonyl (C=O) groups excluding carboxylic acids is 2. The number of rotatable bonds is 4. The number of amides is 2. The SMILES string of the molecule is O=C(NCC(=O)N1CCN(c2ncccn2)CC1)c1cc(Cl)ccn1. The highest BCUT2D eigenvalue weighted by molar-refractivity contribution is 6.30. The molecule has 0 aliphatic carbocycles. The van der Waals surface area contributed by atoms with E-state index >= 15 is 0 Å². The number of pyridine rings is 1. The van der Waals surface area contributed by atoms with Gasteiger partial charge in [-0.05, 0) is 18.2 Å². The van der Waals surface area contributed by atoms with Crippen molar-refractivity contribution in [2.75, 3.05) is 37.6 Å². The Balaban J connectivity index is 1.47. The van der Waals surface area contributed by atoms with Gasteiger partial charge in [0.25, 0.3) is 5.91 Å². The Morgan fingerprint density at radius 3 is 2.48 bits per heavy atom. The van der Waals surface area contributed by atoms with Gasteiger partial charge in [0, 0.05) is 49.8 Å². The first-order valence-electron chi connectivity index (χ1n) is 7.83. The average Bonchev–Trinajstić information content (AvgIpc) is 2.66. The van der Waals surface area contributed by atoms with Gasteiger partial charge in [-0.15, -0.1) is 0 Å². The van der Waals surface area contributed by atoms with E-state index < -0.39 is 5.91 Å². The molecule has 25 heavy (non-hydrogen) atoms. The molecule has 1 saturated heterocycles. The molecular weight excluding hydrogens is 344 g/mol. The molecule has 130 valence electrons. The summed E-state index contributed by atoms with van der Waals surface area (Å²) in [5, 5.41) is 3.00. The zero-order valence-corrected chi connectivity index (χ0v) is 14.2. The summed E-state index contributed by atoms with van der Waals surface area (Å²) in [4.78, 5) is 40.3. The molecule has 0 bridgehead atoms. The van der Waals surface area contributed by atoms with E-state index in [-0.39, 0.29) is 18.1 Å². The van der Waals surface area contributed by atoms with Gasteiger partial charge < -0.3 is 15.1 Å². The molecule has 0 saturated carbocycles. The highest BCUT2D eigenvalue weighted by Gasteiger charge is 2.22. The Bertz CT molecular complexity index is 749. The Kier molecular flexibility index (Phi) is 5.39. The number of carbonyl (C=O) groups is 2. The number of nitrogens with zero attached hydrogens (tertiary/aromatic N) is 5. The largest absolute Gasteiger partial charge is 0.342 e. The van der Waals surface area contributed by atoms with Crippen LogP contribution in [0.2, 0.25) is 5.02 Å². The molecule has 8 nitrogen and oxygen atoms in total. The smallest absolute Gasteiger partial charge is 0.270 e. The summed E-state index contributed by atoms with van der Waals surface area (Å²) in [5.41, 5.74) is 0.186. The standard InChI is InChI=1S/C16H17ClN6O2/c17-12-2-5-18-13(10-12)15(25)21-11-14(24)22-6-8-23(9-7-22)16-19-3-1-4-20-16/h1-5,10H,6-9,11H2,(H,21,25). The van der Waals surface area contributed by atoms with Gasteiger partial charge >= 0.3 is 0 Å². The molecule has 0 spiro atoms. The summed E-state index contributed by atoms with van der Waals surface area (Å²) >= 11 is 5.83. The van der Waals surface area contributed by atoms with Crippen molar-refractivity contribution in [1.29, 1.82) is 0 Å². The average molecular weight is 361 g/mol. The number of nitrogens with one attached hydrogen (secondary N) is 1. The number of piperazine rings is 1. The zero-order valence-electron chi connectivity index (χ0n) is 13.4. The molecule has 3 heterocycles. The molecule has 0 atom stereocenters. The molecule has 1 aliphatic rings. The summed E-state index contributed by atoms with van der Waals surface area (Å²) in [6.07, 6.45) is 4.84. The molecule has 3 rings (SSSR count). The summed E-state index contributed by atoms with van der Waals surface area (Å²) in [5.74, 6) is 0.103. The molecule has 2 aromatic heterocycles. The van der Waals surface area contributed by atoms with Gasteiger partial charge in [-0.25, -0.2) is 9.97 Å². The van der Waals surface area contributed by atoms with Crippen LogP contribution in [0.3, 0.4) is 0 Å². The van der Waals surface area contributed by atoms with Crippen LogP contribution in [0, 0.1) is 0 Å². The van der Waals surface area contributed by atoms with Crippen LogP contribution in [0.4, 0.5) is 5.95 Å². The van der Waals surface area contributed by atoms with Gasteiger partial charge in [0.05, 0.1) is 6.54 Å². The van der Waals surface area contributed by atoms with Crippen molar-refractivity contribution in [3.05, 3.63) is 47.5 Å². The van der Waals surface area contributed by atoms with Gasteiger partial charge in [0.15, 0.2) is 0 Å². The molecule has 0 aromatic carbocycles. The zero-order chi connectivity index (χ0) is 17.6. The summed E-state index contributed by atoms with van der Waals surface area (Å²) < 4.78 is 0. The normalized spacial score (nSPS) is 14.3. The van der Waals surface area contributed by atoms with Crippen molar-refractivity contribution < 1.29 is 9.59 Å². The molecule has 2 amide bonds. The van der Waals surface area contributed by atoms with Crippen LogP contribution < -0.4 is 10.2 Å². The first-order valence-corrected chi connectivity index (χ1v) is 8.21. The maximum absolute atomic E-state index is 12.3. The van der Waals surface area contributed by atoms with Gasteiger partial charge in [-0.2, -0.15) is 0 Å². The number of halogens is 1. The van der Waals surface area contributed by atoms with Gasteiger partial charge in [0.2, 0.25) is 11.9 Å². The fourth-order valence-corrected chi connectivity index (χ4v) is 2.66. The van der Waals surface area contributed by atoms with E-state index in [1.165, 1.54) is 12.3 Å². The fraction of sp³-hybridized carbons (Fsp3) is 0.312. The minimum Gasteiger partial charge on any atom is -0.342 e. The van der Waals surface area contributed by atoms with E-state index in [1.807, 2.05) is 4.90 Å². The van der Waals surface area contributed by atoms with Gasteiger partial charge in [-0.1, -0.05) is 11.6 Å². The highest BCUT2D eigenvalue weighted by Crippen LogP contribution is 2.10. The highest BCUT2D eigenvalue weighted by atomic mass is 35.5. The number of anilines is 1. The lowest BCUT2D eigenvalue weighted by atomic mass is 10.3. The number of hydrogen-bond acceptors (Lipinski definition) is 6. The maximum Gasteiger partial charge on any atom is 0.270 e. The monoisotopic (exact) mass is 360 g/mol. The molecule has 1 aliphatic heterocycles. The van der Waals surface area contributed by atoms with Gasteiger partial charge in [-0.3, -0.25) is 14.6 Å². The predicted octanol–water partition coefficient (Wildman–Crippen LogP) is 0.604. The van der Waals surface area contributed by atoms with Crippen LogP contribution in [0.15, 0.2) is 36.8 Å². The molecule has 9 heteroatoms. The Morgan fingerprint density at radius 1 is 1.08 bits per heavy atom. The third kappa shape index (κ3) is 4.42. The van der Waals surface area contributed by atoms with Crippen LogP contribution in [0.25, 0.3) is 0 Å². The van der Waals surface area contributed by atoms with Crippen molar-refractivity contribution in [1.82, 2.24) is 25.2 Å². The van der Waals surface area contributed by atoms with Crippen LogP contribution >= 0.6 is 11.6 Å². The second-order valence-corrected chi connectivity index (χ2v) is 5.90. The Labute approximate surface area is 149 Å². The first-order chi connectivity index (χ1) is 12.1. The number of aromatic nitrogens is 3. The van der Waals surface area contributed by atoms with Crippen LogP contribution in [-0.4, -0.2) is 64.4 Å². The molecule has 0 radical (unpaired) electrons. The molecule has 1 fully saturated rings. The first kappa shape index (κ1) is 17.1. The topological polar surface area (TPSA) is 91.3 Å². The lowest BCUT2D eigenvalue weighted by Gasteiger charge is -2.34. The van der Waals surface area contributed by atoms with E-state index in [4.69, 9.17) is 11.6 Å². The predicted molar refractivity (Wildman–Crippen MR) is 92.4 cm³/mol. The lowest BCUT2D eigenvalue weighted by molar-refractivity contribution is -0.130. The van der Waals surface area contributed by atoms with E-state index in [1.54, 1.807) is 29.4 Å². The van der Waals surface area contributed by atoms with Crippen molar-refractivity contribution in [3.63, 3.8) is 0 Å². The minimum absolute atomic E-state index is 0.0745. The van der Waals surface area contributed by atoms with Crippen molar-refractivity contribution >= 4 is 29.4 Å². The fourth-order valence-electron chi connectivity index (χ4n) is 2.50. The van der Waals surface area contributed by atoms with E-state index in [0.717, 1.165) is 0 Å². The third-order valence-electron chi connectivity index (χ3n) is 3.82. The summed E-state index contributed by atoms with van der Waals surface area (Å²) in [7, 11) is 0. The Hall–Kier alpha value is -2.74. The maximum atomic E-state index is 12.3. The summed E-state index contributed by atoms with van der Waals surface area (Å²) in [6.45, 7) is 2.35. The minimum atomic E-state index is -0.424. The van der Waals surface area contributed by atoms with Gasteiger partial charge in [0.1, 0.15) is 5.69 Å². The Morgan fingerprint density at radius 2 is 1.80 bits per heavy atom. The van der Waals surface area contributed by atoms with Crippen LogP contribution in [0.5, 0.6) is 0 Å². The van der Waals surface area contributed by atoms with Crippen LogP contribution in [0.1, 0.15) is 10.5 Å². The third-order valence-corrected chi connectivity index (χ3v) is 4.06. The molecule has 1 N–H and O–H groups in total. The molecule has 2 aromatic rings. The van der Waals surface area contributed by atoms with E-state index in [2.05, 4.69) is 20.3 Å². The quantitative estimate of drug-likeness (QED) is 0.858. The second kappa shape index (κ2) is 7.89. The summed E-state index contributed by atoms with van der Waals surface area (Å²) in [6, 6.07) is 4.81. The van der Waals surface area contributed by atoms with Crippen LogP contribution in [-0.2, 0) is 4.79 Å².